The van der Waals surface area contributed by atoms with E-state index in [0.717, 1.165) is 44.1 Å². The van der Waals surface area contributed by atoms with Crippen LogP contribution in [0.4, 0.5) is 5.82 Å². The second kappa shape index (κ2) is 9.30. The maximum atomic E-state index is 12.3. The van der Waals surface area contributed by atoms with Crippen molar-refractivity contribution in [3.05, 3.63) is 22.7 Å². The highest BCUT2D eigenvalue weighted by Gasteiger charge is 2.28. The van der Waals surface area contributed by atoms with Gasteiger partial charge in [0.2, 0.25) is 0 Å². The van der Waals surface area contributed by atoms with Crippen molar-refractivity contribution in [2.45, 2.75) is 45.3 Å². The van der Waals surface area contributed by atoms with Crippen LogP contribution in [0.15, 0.2) is 17.1 Å². The van der Waals surface area contributed by atoms with E-state index in [9.17, 15) is 4.79 Å². The molecule has 2 atom stereocenters. The van der Waals surface area contributed by atoms with E-state index >= 15 is 0 Å². The minimum absolute atomic E-state index is 0.00893. The van der Waals surface area contributed by atoms with Crippen LogP contribution in [0, 0.1) is 0 Å². The van der Waals surface area contributed by atoms with E-state index in [1.54, 1.807) is 22.5 Å². The van der Waals surface area contributed by atoms with Crippen molar-refractivity contribution in [2.75, 3.05) is 37.0 Å². The Balaban J connectivity index is 2.00. The van der Waals surface area contributed by atoms with Crippen molar-refractivity contribution in [3.8, 4) is 0 Å². The van der Waals surface area contributed by atoms with Crippen molar-refractivity contribution in [1.29, 1.82) is 0 Å². The monoisotopic (exact) mass is 341 g/mol. The molecule has 0 spiro atoms. The van der Waals surface area contributed by atoms with Gasteiger partial charge in [-0.2, -0.15) is 4.98 Å². The van der Waals surface area contributed by atoms with Gasteiger partial charge in [-0.05, 0) is 25.8 Å². The number of aromatic nitrogens is 2. The number of rotatable bonds is 9. The van der Waals surface area contributed by atoms with Crippen LogP contribution < -0.4 is 10.6 Å². The standard InChI is InChI=1S/C16H27N3O3S/c1-4-8-18(6-3)13-7-9-19(16(20)17-13)14-12-23-15(22-14)11-21-10-5-2/h7,9,14-15H,4-6,8,10-12H2,1-3H3/t14-,15+/m1/s1. The molecule has 0 amide bonds. The topological polar surface area (TPSA) is 56.6 Å². The molecule has 2 heterocycles. The Bertz CT molecular complexity index is 538. The fourth-order valence-corrected chi connectivity index (χ4v) is 3.52. The molecule has 1 aliphatic heterocycles. The summed E-state index contributed by atoms with van der Waals surface area (Å²) < 4.78 is 13.0. The largest absolute Gasteiger partial charge is 0.378 e. The fourth-order valence-electron chi connectivity index (χ4n) is 2.50. The zero-order valence-corrected chi connectivity index (χ0v) is 15.1. The average Bonchev–Trinajstić information content (AvgIpc) is 3.01. The first kappa shape index (κ1) is 18.3. The van der Waals surface area contributed by atoms with Gasteiger partial charge >= 0.3 is 5.69 Å². The van der Waals surface area contributed by atoms with Crippen molar-refractivity contribution >= 4 is 17.6 Å². The van der Waals surface area contributed by atoms with Gasteiger partial charge in [0.25, 0.3) is 0 Å². The second-order valence-corrected chi connectivity index (χ2v) is 6.68. The van der Waals surface area contributed by atoms with Crippen LogP contribution in [0.2, 0.25) is 0 Å². The first-order valence-corrected chi connectivity index (χ1v) is 9.43. The Hall–Kier alpha value is -1.05. The van der Waals surface area contributed by atoms with Gasteiger partial charge in [0.1, 0.15) is 17.5 Å². The number of nitrogens with zero attached hydrogens (tertiary/aromatic N) is 3. The third-order valence-electron chi connectivity index (χ3n) is 3.66. The molecule has 2 rings (SSSR count). The number of thioether (sulfide) groups is 1. The Morgan fingerprint density at radius 2 is 2.26 bits per heavy atom. The van der Waals surface area contributed by atoms with Crippen molar-refractivity contribution in [1.82, 2.24) is 9.55 Å². The molecule has 1 aromatic rings. The van der Waals surface area contributed by atoms with Crippen LogP contribution in [-0.2, 0) is 9.47 Å². The zero-order valence-electron chi connectivity index (χ0n) is 14.2. The van der Waals surface area contributed by atoms with Gasteiger partial charge in [0.05, 0.1) is 6.61 Å². The summed E-state index contributed by atoms with van der Waals surface area (Å²) in [6, 6.07) is 1.90. The van der Waals surface area contributed by atoms with Crippen LogP contribution in [0.3, 0.4) is 0 Å². The minimum Gasteiger partial charge on any atom is -0.378 e. The van der Waals surface area contributed by atoms with Crippen LogP contribution in [0.25, 0.3) is 0 Å². The highest BCUT2D eigenvalue weighted by Crippen LogP contribution is 2.31. The molecule has 0 unspecified atom stereocenters. The maximum absolute atomic E-state index is 12.3. The smallest absolute Gasteiger partial charge is 0.351 e. The highest BCUT2D eigenvalue weighted by atomic mass is 32.2. The molecule has 0 aliphatic carbocycles. The first-order valence-electron chi connectivity index (χ1n) is 8.38. The van der Waals surface area contributed by atoms with E-state index in [1.807, 2.05) is 6.07 Å². The first-order chi connectivity index (χ1) is 11.2. The highest BCUT2D eigenvalue weighted by molar-refractivity contribution is 8.00. The van der Waals surface area contributed by atoms with Crippen LogP contribution >= 0.6 is 11.8 Å². The predicted molar refractivity (Wildman–Crippen MR) is 94.2 cm³/mol. The molecule has 0 radical (unpaired) electrons. The molecular formula is C16H27N3O3S. The summed E-state index contributed by atoms with van der Waals surface area (Å²) in [5.41, 5.74) is -0.261. The quantitative estimate of drug-likeness (QED) is 0.643. The summed E-state index contributed by atoms with van der Waals surface area (Å²) in [6.07, 6.45) is 3.56. The van der Waals surface area contributed by atoms with Gasteiger partial charge in [0, 0.05) is 31.6 Å². The Labute approximate surface area is 142 Å². The second-order valence-electron chi connectivity index (χ2n) is 5.48. The van der Waals surface area contributed by atoms with Gasteiger partial charge in [-0.1, -0.05) is 13.8 Å². The molecular weight excluding hydrogens is 314 g/mol. The van der Waals surface area contributed by atoms with E-state index in [-0.39, 0.29) is 17.4 Å². The van der Waals surface area contributed by atoms with Crippen LogP contribution in [-0.4, -0.2) is 47.0 Å². The Morgan fingerprint density at radius 3 is 2.91 bits per heavy atom. The zero-order chi connectivity index (χ0) is 16.7. The van der Waals surface area contributed by atoms with Crippen molar-refractivity contribution in [3.63, 3.8) is 0 Å². The lowest BCUT2D eigenvalue weighted by molar-refractivity contribution is -0.0245. The molecule has 1 saturated heterocycles. The molecule has 1 fully saturated rings. The molecule has 0 bridgehead atoms. The van der Waals surface area contributed by atoms with Gasteiger partial charge < -0.3 is 14.4 Å². The van der Waals surface area contributed by atoms with E-state index in [4.69, 9.17) is 9.47 Å². The maximum Gasteiger partial charge on any atom is 0.351 e. The normalized spacial score (nSPS) is 20.8. The number of anilines is 1. The fraction of sp³-hybridized carbons (Fsp3) is 0.750. The molecule has 0 N–H and O–H groups in total. The predicted octanol–water partition coefficient (Wildman–Crippen LogP) is 2.49. The molecule has 0 aromatic carbocycles. The summed E-state index contributed by atoms with van der Waals surface area (Å²) in [6.45, 7) is 9.32. The lowest BCUT2D eigenvalue weighted by atomic mass is 10.4. The van der Waals surface area contributed by atoms with E-state index in [2.05, 4.69) is 30.7 Å². The van der Waals surface area contributed by atoms with Gasteiger partial charge in [-0.15, -0.1) is 11.8 Å². The summed E-state index contributed by atoms with van der Waals surface area (Å²) in [7, 11) is 0. The van der Waals surface area contributed by atoms with Crippen LogP contribution in [0.1, 0.15) is 39.8 Å². The minimum atomic E-state index is -0.259. The number of ether oxygens (including phenoxy) is 2. The third kappa shape index (κ3) is 4.96. The SMILES string of the molecule is CCCOC[C@H]1O[C@@H](n2ccc(N(CC)CCC)nc2=O)CS1. The number of hydrogen-bond acceptors (Lipinski definition) is 6. The number of hydrogen-bond donors (Lipinski definition) is 0. The summed E-state index contributed by atoms with van der Waals surface area (Å²) >= 11 is 1.68. The van der Waals surface area contributed by atoms with E-state index in [1.165, 1.54) is 0 Å². The molecule has 23 heavy (non-hydrogen) atoms. The third-order valence-corrected chi connectivity index (χ3v) is 4.76. The molecule has 6 nitrogen and oxygen atoms in total. The Morgan fingerprint density at radius 1 is 1.43 bits per heavy atom. The molecule has 7 heteroatoms. The van der Waals surface area contributed by atoms with Gasteiger partial charge in [-0.25, -0.2) is 4.79 Å². The van der Waals surface area contributed by atoms with E-state index in [0.29, 0.717) is 6.61 Å². The summed E-state index contributed by atoms with van der Waals surface area (Å²) in [5, 5.41) is 0. The van der Waals surface area contributed by atoms with Gasteiger partial charge in [0.15, 0.2) is 0 Å². The summed E-state index contributed by atoms with van der Waals surface area (Å²) in [4.78, 5) is 18.7. The van der Waals surface area contributed by atoms with Gasteiger partial charge in [-0.3, -0.25) is 4.57 Å². The summed E-state index contributed by atoms with van der Waals surface area (Å²) in [5.74, 6) is 1.48. The molecule has 130 valence electrons. The lowest BCUT2D eigenvalue weighted by Gasteiger charge is -2.22. The van der Waals surface area contributed by atoms with Crippen LogP contribution in [0.5, 0.6) is 0 Å². The molecule has 0 saturated carbocycles. The lowest BCUT2D eigenvalue weighted by Crippen LogP contribution is -2.32. The molecule has 1 aromatic heterocycles. The molecule has 1 aliphatic rings. The Kier molecular flexibility index (Phi) is 7.39. The average molecular weight is 341 g/mol. The van der Waals surface area contributed by atoms with E-state index < -0.39 is 0 Å². The van der Waals surface area contributed by atoms with Crippen molar-refractivity contribution < 1.29 is 9.47 Å². The van der Waals surface area contributed by atoms with Crippen molar-refractivity contribution in [2.24, 2.45) is 0 Å².